The smallest absolute Gasteiger partial charge is 0.462 e. The lowest BCUT2D eigenvalue weighted by molar-refractivity contribution is -0.314. The molecular formula is C110H157Cl3FN2O23P. The molecule has 25 nitrogen and oxygen atoms in total. The third-order valence-corrected chi connectivity index (χ3v) is 26.7. The summed E-state index contributed by atoms with van der Waals surface area (Å²) in [5, 5.41) is 30.7. The zero-order chi connectivity index (χ0) is 100. The number of alkyl halides is 4. The van der Waals surface area contributed by atoms with E-state index < -0.39 is 166 Å². The maximum Gasteiger partial charge on any atom is 0.588 e. The Hall–Kier alpha value is -7.79. The molecule has 2 amide bonds. The van der Waals surface area contributed by atoms with E-state index in [4.69, 9.17) is 100 Å². The number of phosphoric ester groups is 1. The Morgan fingerprint density at radius 3 is 1.24 bits per heavy atom. The lowest BCUT2D eigenvalue weighted by Crippen LogP contribution is -2.68. The number of phosphoric acid groups is 1. The third kappa shape index (κ3) is 47.8. The average Bonchev–Trinajstić information content (AvgIpc) is 0.765. The van der Waals surface area contributed by atoms with Crippen molar-refractivity contribution >= 4 is 78.5 Å². The number of amides is 2. The quantitative estimate of drug-likeness (QED) is 0.00906. The topological polar surface area (TPSA) is 313 Å². The summed E-state index contributed by atoms with van der Waals surface area (Å²) in [6.07, 6.45) is 10.3. The van der Waals surface area contributed by atoms with Gasteiger partial charge in [0, 0.05) is 6.42 Å². The first-order valence-electron chi connectivity index (χ1n) is 51.8. The fourth-order valence-corrected chi connectivity index (χ4v) is 18.9. The number of carbonyl (C=O) groups excluding carboxylic acids is 6. The number of halogens is 4. The SMILES string of the molecule is CCCCCCCCCCCC(=O)O[C@H](CCCCCCCCCCC)CC(=O)O[C@@H]1[C@@H](NC(=O)OCC(Cl)(Cl)Cl)[C@H](OC[C@H]2O[C@H](OCC(=O)OC(c3ccccc3)c3ccccc3)[C@H](NC(=O)C[C@@H](CCCCCCCCCCC)OCc3ccccc3)[C@@H](OC(=O)C[C@@H](CCCCCCCCCCC)OCc3ccccc3)[C@@H]2O)O[C@H](C(O)F)[C@H]1OP(=O)(Oc1ccccc1)Oc1ccccc1. The fourth-order valence-electron chi connectivity index (χ4n) is 17.3. The van der Waals surface area contributed by atoms with Crippen molar-refractivity contribution in [3.05, 3.63) is 204 Å². The Morgan fingerprint density at radius 1 is 0.429 bits per heavy atom. The van der Waals surface area contributed by atoms with Crippen molar-refractivity contribution < 1.29 is 114 Å². The lowest BCUT2D eigenvalue weighted by Gasteiger charge is -2.47. The Kier molecular flexibility index (Phi) is 58.1. The van der Waals surface area contributed by atoms with Crippen LogP contribution in [0.2, 0.25) is 0 Å². The molecule has 1 unspecified atom stereocenters. The summed E-state index contributed by atoms with van der Waals surface area (Å²) in [5.74, 6) is -4.47. The second-order valence-electron chi connectivity index (χ2n) is 36.9. The van der Waals surface area contributed by atoms with Crippen molar-refractivity contribution in [3.63, 3.8) is 0 Å². The molecule has 14 atom stereocenters. The molecule has 2 aliphatic rings. The maximum atomic E-state index is 17.2. The van der Waals surface area contributed by atoms with Gasteiger partial charge in [-0.3, -0.25) is 23.7 Å². The number of hydrogen-bond donors (Lipinski definition) is 4. The summed E-state index contributed by atoms with van der Waals surface area (Å²) < 4.78 is 120. The van der Waals surface area contributed by atoms with Crippen molar-refractivity contribution in [2.24, 2.45) is 0 Å². The molecule has 2 fully saturated rings. The molecule has 6 aromatic rings. The molecule has 0 bridgehead atoms. The van der Waals surface area contributed by atoms with Crippen molar-refractivity contribution in [1.82, 2.24) is 10.6 Å². The number of hydrogen-bond acceptors (Lipinski definition) is 23. The van der Waals surface area contributed by atoms with Crippen LogP contribution >= 0.6 is 42.6 Å². The van der Waals surface area contributed by atoms with E-state index in [0.29, 0.717) is 49.7 Å². The van der Waals surface area contributed by atoms with E-state index in [1.54, 1.807) is 84.9 Å². The maximum absolute atomic E-state index is 17.2. The van der Waals surface area contributed by atoms with Crippen LogP contribution in [-0.4, -0.2) is 156 Å². The van der Waals surface area contributed by atoms with Gasteiger partial charge >= 0.3 is 37.8 Å². The molecule has 6 aromatic carbocycles. The minimum absolute atomic E-state index is 0.0424. The zero-order valence-electron chi connectivity index (χ0n) is 82.8. The zero-order valence-corrected chi connectivity index (χ0v) is 86.0. The highest BCUT2D eigenvalue weighted by atomic mass is 35.6. The van der Waals surface area contributed by atoms with Crippen LogP contribution in [-0.2, 0) is 98.4 Å². The summed E-state index contributed by atoms with van der Waals surface area (Å²) in [4.78, 5) is 90.2. The van der Waals surface area contributed by atoms with Gasteiger partial charge in [-0.2, -0.15) is 0 Å². The van der Waals surface area contributed by atoms with E-state index in [1.165, 1.54) is 56.4 Å². The number of esters is 4. The van der Waals surface area contributed by atoms with Crippen molar-refractivity contribution in [3.8, 4) is 11.5 Å². The molecule has 8 rings (SSSR count). The van der Waals surface area contributed by atoms with Crippen molar-refractivity contribution in [2.45, 2.75) is 413 Å². The third-order valence-electron chi connectivity index (χ3n) is 25.0. The molecule has 2 heterocycles. The van der Waals surface area contributed by atoms with Gasteiger partial charge in [-0.05, 0) is 78.6 Å². The number of alkyl carbamates (subject to hydrolysis) is 1. The Labute approximate surface area is 846 Å². The molecule has 0 spiro atoms. The fraction of sp³-hybridized carbons (Fsp3) is 0.618. The number of benzene rings is 6. The summed E-state index contributed by atoms with van der Waals surface area (Å²) in [7, 11) is -5.37. The number of carbonyl (C=O) groups is 6. The molecular weight excluding hydrogens is 1870 g/mol. The minimum Gasteiger partial charge on any atom is -0.462 e. The molecule has 30 heteroatoms. The average molecular weight is 2030 g/mol. The molecule has 0 aliphatic carbocycles. The van der Waals surface area contributed by atoms with E-state index in [2.05, 4.69) is 38.3 Å². The monoisotopic (exact) mass is 2030 g/mol. The van der Waals surface area contributed by atoms with Crippen molar-refractivity contribution in [1.29, 1.82) is 0 Å². The molecule has 4 N–H and O–H groups in total. The second kappa shape index (κ2) is 69.3. The van der Waals surface area contributed by atoms with Gasteiger partial charge in [-0.25, -0.2) is 18.5 Å². The van der Waals surface area contributed by atoms with E-state index in [0.717, 1.165) is 184 Å². The number of unbranched alkanes of at least 4 members (excludes halogenated alkanes) is 32. The molecule has 2 saturated heterocycles. The predicted octanol–water partition coefficient (Wildman–Crippen LogP) is 25.8. The van der Waals surface area contributed by atoms with Gasteiger partial charge in [0.25, 0.3) is 0 Å². The second-order valence-corrected chi connectivity index (χ2v) is 40.9. The van der Waals surface area contributed by atoms with Gasteiger partial charge < -0.3 is 82.0 Å². The van der Waals surface area contributed by atoms with E-state index >= 15 is 23.3 Å². The summed E-state index contributed by atoms with van der Waals surface area (Å²) in [5.41, 5.74) is 2.90. The highest BCUT2D eigenvalue weighted by molar-refractivity contribution is 7.49. The van der Waals surface area contributed by atoms with Crippen LogP contribution in [0.5, 0.6) is 11.5 Å². The van der Waals surface area contributed by atoms with Crippen LogP contribution in [0.3, 0.4) is 0 Å². The van der Waals surface area contributed by atoms with Gasteiger partial charge in [0.1, 0.15) is 67.3 Å². The molecule has 2 aliphatic heterocycles. The standard InChI is InChI=1S/C110H157Cl3FN2O23P/c1-5-9-13-17-21-25-29-33-51-71-89(126-78-83-59-43-37-44-60-83)75-93(117)115-98-102(133-95(119)76-90(127-79-84-61-45-38-46-62-84)72-52-34-30-26-22-18-14-10-6-2)100(122)92(132-107(98)129-81-97(121)135-101(85-63-47-39-48-64-85)86-65-49-40-50-66-86)80-128-108-99(116-109(124)130-82-110(111,112)113)103(104(105(136-108)106(114)123)139-140(125,137-87-67-54-41-55-68-87)138-88-69-56-42-57-70-88)134-96(120)77-91(73-53-35-31-27-23-19-15-11-7-3)131-94(118)74-58-36-32-28-24-20-16-12-8-4/h37-50,54-57,59-70,89-92,98-108,122-123H,5-36,51-53,58,71-82H2,1-4H3,(H,115,117)(H,116,124)/t89-,90-,91-,92-,98-,99-,100-,102-,103-,104+,105+,106?,107+,108-/m1/s1. The van der Waals surface area contributed by atoms with Crippen LogP contribution in [0.4, 0.5) is 9.18 Å². The van der Waals surface area contributed by atoms with Crippen molar-refractivity contribution in [2.75, 3.05) is 19.8 Å². The number of para-hydroxylation sites is 2. The number of aliphatic hydroxyl groups is 2. The van der Waals surface area contributed by atoms with Gasteiger partial charge in [-0.15, -0.1) is 0 Å². The Bertz CT molecular complexity index is 4270. The predicted molar refractivity (Wildman–Crippen MR) is 541 cm³/mol. The van der Waals surface area contributed by atoms with Crippen LogP contribution in [0.1, 0.15) is 332 Å². The first-order valence-corrected chi connectivity index (χ1v) is 54.4. The summed E-state index contributed by atoms with van der Waals surface area (Å²) in [6, 6.07) is 48.2. The number of nitrogens with one attached hydrogen (secondary N) is 2. The number of aliphatic hydroxyl groups excluding tert-OH is 2. The van der Waals surface area contributed by atoms with Gasteiger partial charge in [0.05, 0.1) is 51.3 Å². The normalized spacial score (nSPS) is 19.1. The molecule has 140 heavy (non-hydrogen) atoms. The highest BCUT2D eigenvalue weighted by Crippen LogP contribution is 2.53. The summed E-state index contributed by atoms with van der Waals surface area (Å²) in [6.45, 7) is 6.12. The molecule has 0 aromatic heterocycles. The summed E-state index contributed by atoms with van der Waals surface area (Å²) >= 11 is 18.7. The van der Waals surface area contributed by atoms with Gasteiger partial charge in [0.2, 0.25) is 16.1 Å². The molecule has 0 saturated carbocycles. The Balaban J connectivity index is 1.22. The van der Waals surface area contributed by atoms with Crippen LogP contribution in [0.25, 0.3) is 0 Å². The first-order chi connectivity index (χ1) is 68.0. The van der Waals surface area contributed by atoms with E-state index in [1.807, 2.05) is 72.8 Å². The minimum atomic E-state index is -5.37. The van der Waals surface area contributed by atoms with Crippen LogP contribution in [0.15, 0.2) is 182 Å². The van der Waals surface area contributed by atoms with E-state index in [9.17, 15) is 24.6 Å². The highest BCUT2D eigenvalue weighted by Gasteiger charge is 2.58. The number of rotatable bonds is 74. The van der Waals surface area contributed by atoms with E-state index in [-0.39, 0.29) is 50.4 Å². The largest absolute Gasteiger partial charge is 0.588 e. The van der Waals surface area contributed by atoms with Crippen LogP contribution in [0, 0.1) is 0 Å². The van der Waals surface area contributed by atoms with Crippen LogP contribution < -0.4 is 19.7 Å². The lowest BCUT2D eigenvalue weighted by atomic mass is 9.95. The Morgan fingerprint density at radius 2 is 0.807 bits per heavy atom. The first kappa shape index (κ1) is 117. The van der Waals surface area contributed by atoms with Gasteiger partial charge in [0.15, 0.2) is 30.9 Å². The molecule has 778 valence electrons. The van der Waals surface area contributed by atoms with Gasteiger partial charge in [-0.1, -0.05) is 439 Å². The molecule has 0 radical (unpaired) electrons. The number of ether oxygens (including phenoxy) is 11.